The molecule has 1 heteroatoms. The minimum absolute atomic E-state index is 0.424. The Kier molecular flexibility index (Phi) is 4.00. The van der Waals surface area contributed by atoms with Gasteiger partial charge in [0.25, 0.3) is 0 Å². The number of rotatable bonds is 4. The molecule has 0 heterocycles. The fourth-order valence-corrected chi connectivity index (χ4v) is 2.48. The van der Waals surface area contributed by atoms with E-state index in [1.54, 1.807) is 0 Å². The molecule has 1 fully saturated rings. The molecule has 1 N–H and O–H groups in total. The summed E-state index contributed by atoms with van der Waals surface area (Å²) in [5.41, 5.74) is 1.07. The van der Waals surface area contributed by atoms with Gasteiger partial charge in [-0.05, 0) is 30.1 Å². The van der Waals surface area contributed by atoms with Gasteiger partial charge in [-0.15, -0.1) is 0 Å². The molecule has 0 saturated heterocycles. The largest absolute Gasteiger partial charge is 0.316 e. The molecule has 0 aromatic rings. The summed E-state index contributed by atoms with van der Waals surface area (Å²) in [4.78, 5) is 0. The third kappa shape index (κ3) is 3.61. The lowest BCUT2D eigenvalue weighted by molar-refractivity contribution is 0.250. The molecular weight excluding hydrogens is 170 g/mol. The Morgan fingerprint density at radius 1 is 1.14 bits per heavy atom. The van der Waals surface area contributed by atoms with Crippen LogP contribution in [0.4, 0.5) is 0 Å². The van der Waals surface area contributed by atoms with Crippen molar-refractivity contribution < 1.29 is 0 Å². The van der Waals surface area contributed by atoms with Crippen LogP contribution in [0.1, 0.15) is 59.8 Å². The first-order valence-electron chi connectivity index (χ1n) is 6.18. The van der Waals surface area contributed by atoms with E-state index in [1.807, 2.05) is 0 Å². The molecule has 0 radical (unpaired) electrons. The first-order valence-corrected chi connectivity index (χ1v) is 6.18. The van der Waals surface area contributed by atoms with Gasteiger partial charge in [-0.2, -0.15) is 0 Å². The Balaban J connectivity index is 2.28. The Bertz CT molecular complexity index is 161. The van der Waals surface area contributed by atoms with Gasteiger partial charge >= 0.3 is 0 Å². The zero-order valence-corrected chi connectivity index (χ0v) is 10.4. The van der Waals surface area contributed by atoms with Crippen LogP contribution in [0.5, 0.6) is 0 Å². The highest BCUT2D eigenvalue weighted by Crippen LogP contribution is 2.40. The highest BCUT2D eigenvalue weighted by atomic mass is 14.9. The number of nitrogens with one attached hydrogen (secondary N) is 1. The van der Waals surface area contributed by atoms with Gasteiger partial charge in [0, 0.05) is 13.1 Å². The van der Waals surface area contributed by atoms with Crippen molar-refractivity contribution in [2.75, 3.05) is 13.1 Å². The summed E-state index contributed by atoms with van der Waals surface area (Å²) in [6, 6.07) is 0. The highest BCUT2D eigenvalue weighted by molar-refractivity contribution is 4.85. The van der Waals surface area contributed by atoms with Crippen LogP contribution in [0.3, 0.4) is 0 Å². The fourth-order valence-electron chi connectivity index (χ4n) is 2.48. The molecule has 14 heavy (non-hydrogen) atoms. The van der Waals surface area contributed by atoms with E-state index < -0.39 is 0 Å². The second-order valence-electron chi connectivity index (χ2n) is 6.22. The van der Waals surface area contributed by atoms with E-state index >= 15 is 0 Å². The summed E-state index contributed by atoms with van der Waals surface area (Å²) < 4.78 is 0. The summed E-state index contributed by atoms with van der Waals surface area (Å²) in [6.07, 6.45) is 7.14. The topological polar surface area (TPSA) is 12.0 Å². The standard InChI is InChI=1S/C13H27N/c1-5-13(8-6-7-9-13)11-14-10-12(2,3)4/h14H,5-11H2,1-4H3. The van der Waals surface area contributed by atoms with Crippen LogP contribution < -0.4 is 5.32 Å². The molecule has 0 aromatic carbocycles. The lowest BCUT2D eigenvalue weighted by Gasteiger charge is -2.30. The van der Waals surface area contributed by atoms with Gasteiger partial charge in [0.05, 0.1) is 0 Å². The first kappa shape index (κ1) is 12.0. The predicted molar refractivity (Wildman–Crippen MR) is 63.5 cm³/mol. The predicted octanol–water partition coefficient (Wildman–Crippen LogP) is 3.59. The average molecular weight is 197 g/mol. The molecule has 1 aliphatic rings. The SMILES string of the molecule is CCC1(CNCC(C)(C)C)CCCC1. The zero-order chi connectivity index (χ0) is 10.7. The van der Waals surface area contributed by atoms with E-state index in [2.05, 4.69) is 33.0 Å². The zero-order valence-electron chi connectivity index (χ0n) is 10.4. The van der Waals surface area contributed by atoms with Crippen LogP contribution in [-0.4, -0.2) is 13.1 Å². The quantitative estimate of drug-likeness (QED) is 0.726. The third-order valence-corrected chi connectivity index (χ3v) is 3.57. The average Bonchev–Trinajstić information content (AvgIpc) is 2.52. The van der Waals surface area contributed by atoms with E-state index in [0.29, 0.717) is 10.8 Å². The van der Waals surface area contributed by atoms with Gasteiger partial charge < -0.3 is 5.32 Å². The van der Waals surface area contributed by atoms with E-state index in [4.69, 9.17) is 0 Å². The van der Waals surface area contributed by atoms with Crippen molar-refractivity contribution in [3.63, 3.8) is 0 Å². The van der Waals surface area contributed by atoms with E-state index in [-0.39, 0.29) is 0 Å². The Hall–Kier alpha value is -0.0400. The van der Waals surface area contributed by atoms with Crippen molar-refractivity contribution in [1.29, 1.82) is 0 Å². The van der Waals surface area contributed by atoms with Crippen LogP contribution in [0.15, 0.2) is 0 Å². The maximum absolute atomic E-state index is 3.66. The lowest BCUT2D eigenvalue weighted by Crippen LogP contribution is -2.36. The van der Waals surface area contributed by atoms with Crippen LogP contribution in [0.2, 0.25) is 0 Å². The second-order valence-corrected chi connectivity index (χ2v) is 6.22. The monoisotopic (exact) mass is 197 g/mol. The molecule has 0 aliphatic heterocycles. The molecule has 0 unspecified atom stereocenters. The molecule has 0 amide bonds. The van der Waals surface area contributed by atoms with Crippen LogP contribution >= 0.6 is 0 Å². The summed E-state index contributed by atoms with van der Waals surface area (Å²) in [6.45, 7) is 11.6. The van der Waals surface area contributed by atoms with Crippen LogP contribution in [0, 0.1) is 10.8 Å². The smallest absolute Gasteiger partial charge is 0.000793 e. The Morgan fingerprint density at radius 3 is 2.14 bits per heavy atom. The van der Waals surface area contributed by atoms with Gasteiger partial charge in [-0.25, -0.2) is 0 Å². The first-order chi connectivity index (χ1) is 6.47. The van der Waals surface area contributed by atoms with Gasteiger partial charge in [0.15, 0.2) is 0 Å². The second kappa shape index (κ2) is 4.65. The van der Waals surface area contributed by atoms with Crippen molar-refractivity contribution in [1.82, 2.24) is 5.32 Å². The summed E-state index contributed by atoms with van der Waals surface area (Å²) in [5, 5.41) is 3.66. The van der Waals surface area contributed by atoms with E-state index in [0.717, 1.165) is 6.54 Å². The maximum Gasteiger partial charge on any atom is 0.000793 e. The summed E-state index contributed by atoms with van der Waals surface area (Å²) in [5.74, 6) is 0. The molecule has 0 aromatic heterocycles. The van der Waals surface area contributed by atoms with Crippen LogP contribution in [0.25, 0.3) is 0 Å². The van der Waals surface area contributed by atoms with Crippen molar-refractivity contribution in [2.45, 2.75) is 59.8 Å². The summed E-state index contributed by atoms with van der Waals surface area (Å²) in [7, 11) is 0. The minimum atomic E-state index is 0.424. The normalized spacial score (nSPS) is 21.4. The van der Waals surface area contributed by atoms with Crippen molar-refractivity contribution in [3.8, 4) is 0 Å². The molecule has 1 saturated carbocycles. The molecule has 84 valence electrons. The molecular formula is C13H27N. The number of hydrogen-bond acceptors (Lipinski definition) is 1. The van der Waals surface area contributed by atoms with Crippen molar-refractivity contribution >= 4 is 0 Å². The molecule has 0 atom stereocenters. The van der Waals surface area contributed by atoms with Gasteiger partial charge in [0.2, 0.25) is 0 Å². The molecule has 0 spiro atoms. The Morgan fingerprint density at radius 2 is 1.71 bits per heavy atom. The summed E-state index contributed by atoms with van der Waals surface area (Å²) >= 11 is 0. The lowest BCUT2D eigenvalue weighted by atomic mass is 9.83. The molecule has 1 rings (SSSR count). The highest BCUT2D eigenvalue weighted by Gasteiger charge is 2.31. The van der Waals surface area contributed by atoms with Crippen LogP contribution in [-0.2, 0) is 0 Å². The number of hydrogen-bond donors (Lipinski definition) is 1. The third-order valence-electron chi connectivity index (χ3n) is 3.57. The van der Waals surface area contributed by atoms with Gasteiger partial charge in [0.1, 0.15) is 0 Å². The van der Waals surface area contributed by atoms with Crippen molar-refractivity contribution in [3.05, 3.63) is 0 Å². The molecule has 1 nitrogen and oxygen atoms in total. The van der Waals surface area contributed by atoms with E-state index in [9.17, 15) is 0 Å². The van der Waals surface area contributed by atoms with Gasteiger partial charge in [-0.3, -0.25) is 0 Å². The molecule has 1 aliphatic carbocycles. The van der Waals surface area contributed by atoms with E-state index in [1.165, 1.54) is 38.6 Å². The molecule has 0 bridgehead atoms. The minimum Gasteiger partial charge on any atom is -0.316 e. The van der Waals surface area contributed by atoms with Gasteiger partial charge in [-0.1, -0.05) is 40.5 Å². The fraction of sp³-hybridized carbons (Fsp3) is 1.00. The Labute approximate surface area is 89.7 Å². The van der Waals surface area contributed by atoms with Crippen molar-refractivity contribution in [2.24, 2.45) is 10.8 Å². The maximum atomic E-state index is 3.66.